The van der Waals surface area contributed by atoms with E-state index in [0.29, 0.717) is 31.6 Å². The largest absolute Gasteiger partial charge is 0.381 e. The van der Waals surface area contributed by atoms with E-state index in [1.54, 1.807) is 6.92 Å². The van der Waals surface area contributed by atoms with Gasteiger partial charge in [-0.05, 0) is 18.6 Å². The molecule has 1 unspecified atom stereocenters. The van der Waals surface area contributed by atoms with Crippen LogP contribution in [0.1, 0.15) is 30.0 Å². The molecular weight excluding hydrogens is 266 g/mol. The molecule has 1 aromatic rings. The zero-order valence-electron chi connectivity index (χ0n) is 11.7. The molecule has 0 amide bonds. The summed E-state index contributed by atoms with van der Waals surface area (Å²) in [5.41, 5.74) is 2.05. The summed E-state index contributed by atoms with van der Waals surface area (Å²) in [5, 5.41) is 0. The molecule has 1 saturated heterocycles. The smallest absolute Gasteiger partial charge is 0.133 e. The van der Waals surface area contributed by atoms with Crippen LogP contribution in [0.3, 0.4) is 0 Å². The van der Waals surface area contributed by atoms with E-state index in [4.69, 9.17) is 15.3 Å². The van der Waals surface area contributed by atoms with Gasteiger partial charge >= 0.3 is 0 Å². The van der Waals surface area contributed by atoms with Crippen molar-refractivity contribution in [2.75, 3.05) is 20.3 Å². The van der Waals surface area contributed by atoms with Crippen LogP contribution in [0.2, 0.25) is 0 Å². The zero-order chi connectivity index (χ0) is 14.8. The van der Waals surface area contributed by atoms with Gasteiger partial charge in [-0.1, -0.05) is 6.07 Å². The molecule has 1 fully saturated rings. The highest BCUT2D eigenvalue weighted by atomic mass is 19.1. The number of methoxy groups -OCH3 is 1. The van der Waals surface area contributed by atoms with Gasteiger partial charge in [0.05, 0.1) is 11.6 Å². The maximum atomic E-state index is 14.3. The van der Waals surface area contributed by atoms with Crippen LogP contribution < -0.4 is 11.3 Å². The van der Waals surface area contributed by atoms with E-state index in [-0.39, 0.29) is 5.56 Å². The average molecular weight is 286 g/mol. The molecule has 0 saturated carbocycles. The second-order valence-corrected chi connectivity index (χ2v) is 5.07. The van der Waals surface area contributed by atoms with E-state index in [1.807, 2.05) is 0 Å². The van der Waals surface area contributed by atoms with Gasteiger partial charge in [0.25, 0.3) is 0 Å². The van der Waals surface area contributed by atoms with Gasteiger partial charge in [-0.15, -0.1) is 0 Å². The van der Waals surface area contributed by atoms with Gasteiger partial charge in [-0.3, -0.25) is 5.84 Å². The predicted octanol–water partition coefficient (Wildman–Crippen LogP) is 1.97. The lowest BCUT2D eigenvalue weighted by Gasteiger charge is -2.42. The summed E-state index contributed by atoms with van der Waals surface area (Å²) in [5.74, 6) is 4.37. The van der Waals surface area contributed by atoms with Gasteiger partial charge < -0.3 is 9.47 Å². The lowest BCUT2D eigenvalue weighted by Crippen LogP contribution is -2.51. The molecule has 1 aliphatic rings. The molecule has 1 aromatic carbocycles. The van der Waals surface area contributed by atoms with Gasteiger partial charge in [-0.2, -0.15) is 0 Å². The molecule has 20 heavy (non-hydrogen) atoms. The van der Waals surface area contributed by atoms with E-state index in [1.165, 1.54) is 19.2 Å². The van der Waals surface area contributed by atoms with Crippen molar-refractivity contribution >= 4 is 0 Å². The van der Waals surface area contributed by atoms with E-state index < -0.39 is 23.3 Å². The molecule has 0 radical (unpaired) electrons. The highest BCUT2D eigenvalue weighted by molar-refractivity contribution is 5.31. The number of aryl methyl sites for hydroxylation is 1. The fraction of sp³-hybridized carbons (Fsp3) is 0.571. The first-order chi connectivity index (χ1) is 9.55. The average Bonchev–Trinajstić information content (AvgIpc) is 2.48. The molecule has 1 atom stereocenters. The zero-order valence-corrected chi connectivity index (χ0v) is 11.7. The summed E-state index contributed by atoms with van der Waals surface area (Å²) < 4.78 is 39.3. The van der Waals surface area contributed by atoms with Crippen LogP contribution in [0.5, 0.6) is 0 Å². The summed E-state index contributed by atoms with van der Waals surface area (Å²) in [4.78, 5) is 0. The number of nitrogens with two attached hydrogens (primary N) is 1. The van der Waals surface area contributed by atoms with Gasteiger partial charge in [0.1, 0.15) is 11.6 Å². The van der Waals surface area contributed by atoms with Crippen molar-refractivity contribution in [2.45, 2.75) is 31.4 Å². The third-order valence-electron chi connectivity index (χ3n) is 4.05. The quantitative estimate of drug-likeness (QED) is 0.656. The first kappa shape index (κ1) is 15.3. The highest BCUT2D eigenvalue weighted by Crippen LogP contribution is 2.39. The van der Waals surface area contributed by atoms with Gasteiger partial charge in [0.2, 0.25) is 0 Å². The Kier molecular flexibility index (Phi) is 4.70. The number of ether oxygens (including phenoxy) is 2. The lowest BCUT2D eigenvalue weighted by molar-refractivity contribution is -0.112. The van der Waals surface area contributed by atoms with Crippen LogP contribution in [0, 0.1) is 18.6 Å². The molecule has 0 aromatic heterocycles. The van der Waals surface area contributed by atoms with Crippen molar-refractivity contribution in [1.82, 2.24) is 5.43 Å². The van der Waals surface area contributed by atoms with Crippen molar-refractivity contribution < 1.29 is 18.3 Å². The van der Waals surface area contributed by atoms with Crippen molar-refractivity contribution in [3.8, 4) is 0 Å². The molecule has 4 nitrogen and oxygen atoms in total. The summed E-state index contributed by atoms with van der Waals surface area (Å²) in [6.07, 6.45) is 1.04. The van der Waals surface area contributed by atoms with Gasteiger partial charge in [0, 0.05) is 38.7 Å². The van der Waals surface area contributed by atoms with Crippen LogP contribution in [0.15, 0.2) is 12.1 Å². The topological polar surface area (TPSA) is 56.5 Å². The van der Waals surface area contributed by atoms with Crippen molar-refractivity contribution in [3.63, 3.8) is 0 Å². The molecule has 0 bridgehead atoms. The van der Waals surface area contributed by atoms with Crippen molar-refractivity contribution in [3.05, 3.63) is 34.9 Å². The number of nitrogens with one attached hydrogen (secondary N) is 1. The van der Waals surface area contributed by atoms with E-state index in [0.717, 1.165) is 0 Å². The van der Waals surface area contributed by atoms with E-state index in [9.17, 15) is 8.78 Å². The van der Waals surface area contributed by atoms with Gasteiger partial charge in [-0.25, -0.2) is 14.2 Å². The van der Waals surface area contributed by atoms with Crippen LogP contribution in [0.4, 0.5) is 8.78 Å². The normalized spacial score (nSPS) is 19.9. The molecule has 2 rings (SSSR count). The van der Waals surface area contributed by atoms with Crippen LogP contribution in [-0.4, -0.2) is 25.9 Å². The summed E-state index contributed by atoms with van der Waals surface area (Å²) in [7, 11) is 1.53. The summed E-state index contributed by atoms with van der Waals surface area (Å²) in [6, 6.07) is 1.89. The Morgan fingerprint density at radius 1 is 1.35 bits per heavy atom. The Morgan fingerprint density at radius 3 is 2.55 bits per heavy atom. The SMILES string of the molecule is COC1(C(NN)c2c(F)ccc(C)c2F)CCOCC1. The number of halogens is 2. The second-order valence-electron chi connectivity index (χ2n) is 5.07. The first-order valence-electron chi connectivity index (χ1n) is 6.59. The number of hydrazine groups is 1. The molecule has 0 aliphatic carbocycles. The third kappa shape index (κ3) is 2.56. The molecule has 1 heterocycles. The van der Waals surface area contributed by atoms with E-state index >= 15 is 0 Å². The Balaban J connectivity index is 2.49. The molecular formula is C14H20F2N2O2. The maximum absolute atomic E-state index is 14.3. The van der Waals surface area contributed by atoms with Crippen molar-refractivity contribution in [2.24, 2.45) is 5.84 Å². The molecule has 112 valence electrons. The fourth-order valence-electron chi connectivity index (χ4n) is 2.77. The second kappa shape index (κ2) is 6.13. The van der Waals surface area contributed by atoms with E-state index in [2.05, 4.69) is 5.43 Å². The van der Waals surface area contributed by atoms with Crippen molar-refractivity contribution in [1.29, 1.82) is 0 Å². The maximum Gasteiger partial charge on any atom is 0.133 e. The standard InChI is InChI=1S/C14H20F2N2O2/c1-9-3-4-10(15)11(12(9)16)13(18-17)14(19-2)5-7-20-8-6-14/h3-4,13,18H,5-8,17H2,1-2H3. The Hall–Kier alpha value is -1.08. The third-order valence-corrected chi connectivity index (χ3v) is 4.05. The number of rotatable bonds is 4. The van der Waals surface area contributed by atoms with Crippen LogP contribution in [-0.2, 0) is 9.47 Å². The minimum absolute atomic E-state index is 0.0729. The Morgan fingerprint density at radius 2 is 2.00 bits per heavy atom. The molecule has 0 spiro atoms. The van der Waals surface area contributed by atoms with Gasteiger partial charge in [0.15, 0.2) is 0 Å². The monoisotopic (exact) mass is 286 g/mol. The predicted molar refractivity (Wildman–Crippen MR) is 71.0 cm³/mol. The summed E-state index contributed by atoms with van der Waals surface area (Å²) >= 11 is 0. The minimum atomic E-state index is -0.775. The molecule has 3 N–H and O–H groups in total. The Bertz CT molecular complexity index is 476. The fourth-order valence-corrected chi connectivity index (χ4v) is 2.77. The lowest BCUT2D eigenvalue weighted by atomic mass is 9.81. The summed E-state index contributed by atoms with van der Waals surface area (Å²) in [6.45, 7) is 2.54. The van der Waals surface area contributed by atoms with Crippen LogP contribution in [0.25, 0.3) is 0 Å². The first-order valence-corrected chi connectivity index (χ1v) is 6.59. The van der Waals surface area contributed by atoms with Crippen LogP contribution >= 0.6 is 0 Å². The highest BCUT2D eigenvalue weighted by Gasteiger charge is 2.43. The molecule has 6 heteroatoms. The minimum Gasteiger partial charge on any atom is -0.381 e. The number of hydrogen-bond donors (Lipinski definition) is 2. The molecule has 1 aliphatic heterocycles. The number of benzene rings is 1. The number of hydrogen-bond acceptors (Lipinski definition) is 4. The Labute approximate surface area is 117 Å².